The number of rotatable bonds is 7. The number of carbonyl (C=O) groups is 1. The Morgan fingerprint density at radius 2 is 1.85 bits per heavy atom. The van der Waals surface area contributed by atoms with Crippen LogP contribution in [-0.4, -0.2) is 17.7 Å². The van der Waals surface area contributed by atoms with E-state index < -0.39 is 0 Å². The van der Waals surface area contributed by atoms with E-state index in [2.05, 4.69) is 32.9 Å². The first-order chi connectivity index (χ1) is 16.0. The van der Waals surface area contributed by atoms with Crippen LogP contribution in [0.15, 0.2) is 76.6 Å². The fraction of sp³-hybridized carbons (Fsp3) is 0.120. The van der Waals surface area contributed by atoms with Crippen LogP contribution in [0.1, 0.15) is 18.1 Å². The summed E-state index contributed by atoms with van der Waals surface area (Å²) in [7, 11) is 0. The van der Waals surface area contributed by atoms with Crippen LogP contribution in [0.25, 0.3) is 6.08 Å². The Bertz CT molecular complexity index is 1210. The Kier molecular flexibility index (Phi) is 7.66. The number of thioether (sulfide) groups is 1. The van der Waals surface area contributed by atoms with E-state index in [1.54, 1.807) is 12.1 Å². The first kappa shape index (κ1) is 23.3. The van der Waals surface area contributed by atoms with Gasteiger partial charge in [-0.3, -0.25) is 4.79 Å². The van der Waals surface area contributed by atoms with Gasteiger partial charge in [0.2, 0.25) is 0 Å². The zero-order valence-electron chi connectivity index (χ0n) is 17.7. The SMILES string of the molecule is CCOc1cc(/C=C2\SC(=Nc3ccccc3)NC2=O)cc(I)c1OCc1ccc(F)cc1. The summed E-state index contributed by atoms with van der Waals surface area (Å²) in [5, 5.41) is 3.34. The third kappa shape index (κ3) is 6.14. The molecule has 3 aromatic carbocycles. The van der Waals surface area contributed by atoms with E-state index in [4.69, 9.17) is 9.47 Å². The molecule has 3 aromatic rings. The van der Waals surface area contributed by atoms with E-state index in [0.717, 1.165) is 20.4 Å². The van der Waals surface area contributed by atoms with Crippen LogP contribution < -0.4 is 14.8 Å². The molecule has 4 rings (SSSR count). The van der Waals surface area contributed by atoms with Crippen molar-refractivity contribution in [3.8, 4) is 11.5 Å². The molecule has 0 atom stereocenters. The maximum atomic E-state index is 13.1. The van der Waals surface area contributed by atoms with Gasteiger partial charge in [0.25, 0.3) is 5.91 Å². The lowest BCUT2D eigenvalue weighted by Gasteiger charge is -2.15. The molecule has 1 fully saturated rings. The lowest BCUT2D eigenvalue weighted by Crippen LogP contribution is -2.19. The minimum atomic E-state index is -0.286. The van der Waals surface area contributed by atoms with Gasteiger partial charge in [0.05, 0.1) is 20.8 Å². The highest BCUT2D eigenvalue weighted by atomic mass is 127. The predicted molar refractivity (Wildman–Crippen MR) is 138 cm³/mol. The Balaban J connectivity index is 1.55. The molecule has 0 radical (unpaired) electrons. The largest absolute Gasteiger partial charge is 0.490 e. The smallest absolute Gasteiger partial charge is 0.264 e. The average Bonchev–Trinajstić information content (AvgIpc) is 3.13. The van der Waals surface area contributed by atoms with Gasteiger partial charge in [0, 0.05) is 0 Å². The summed E-state index contributed by atoms with van der Waals surface area (Å²) in [4.78, 5) is 17.5. The van der Waals surface area contributed by atoms with Crippen LogP contribution in [0.5, 0.6) is 11.5 Å². The van der Waals surface area contributed by atoms with Crippen LogP contribution in [0.2, 0.25) is 0 Å². The Hall–Kier alpha value is -2.85. The number of halogens is 2. The second-order valence-corrected chi connectivity index (χ2v) is 9.19. The molecule has 0 unspecified atom stereocenters. The molecule has 8 heteroatoms. The number of aliphatic imine (C=N–C) groups is 1. The molecule has 1 saturated heterocycles. The molecule has 1 heterocycles. The van der Waals surface area contributed by atoms with Crippen molar-refractivity contribution < 1.29 is 18.7 Å². The summed E-state index contributed by atoms with van der Waals surface area (Å²) in [5.74, 6) is 0.713. The molecule has 168 valence electrons. The van der Waals surface area contributed by atoms with Gasteiger partial charge in [-0.1, -0.05) is 30.3 Å². The second kappa shape index (κ2) is 10.8. The third-order valence-corrected chi connectivity index (χ3v) is 6.27. The predicted octanol–water partition coefficient (Wildman–Crippen LogP) is 6.30. The number of nitrogens with one attached hydrogen (secondary N) is 1. The molecular weight excluding hydrogens is 554 g/mol. The fourth-order valence-electron chi connectivity index (χ4n) is 3.06. The quantitative estimate of drug-likeness (QED) is 0.266. The Labute approximate surface area is 209 Å². The highest BCUT2D eigenvalue weighted by Gasteiger charge is 2.24. The number of carbonyl (C=O) groups excluding carboxylic acids is 1. The van der Waals surface area contributed by atoms with Crippen LogP contribution >= 0.6 is 34.4 Å². The van der Waals surface area contributed by atoms with Crippen molar-refractivity contribution in [2.24, 2.45) is 4.99 Å². The number of benzene rings is 3. The number of hydrogen-bond donors (Lipinski definition) is 1. The molecule has 0 aromatic heterocycles. The lowest BCUT2D eigenvalue weighted by molar-refractivity contribution is -0.115. The average molecular weight is 574 g/mol. The summed E-state index contributed by atoms with van der Waals surface area (Å²) in [6, 6.07) is 19.4. The number of amidine groups is 1. The van der Waals surface area contributed by atoms with Gasteiger partial charge in [-0.2, -0.15) is 0 Å². The molecular formula is C25H20FIN2O3S. The number of nitrogens with zero attached hydrogens (tertiary/aromatic N) is 1. The summed E-state index contributed by atoms with van der Waals surface area (Å²) in [6.07, 6.45) is 1.81. The van der Waals surface area contributed by atoms with E-state index >= 15 is 0 Å². The fourth-order valence-corrected chi connectivity index (χ4v) is 4.69. The monoisotopic (exact) mass is 574 g/mol. The molecule has 1 aliphatic heterocycles. The molecule has 0 aliphatic carbocycles. The number of hydrogen-bond acceptors (Lipinski definition) is 5. The van der Waals surface area contributed by atoms with Gasteiger partial charge in [-0.15, -0.1) is 0 Å². The highest BCUT2D eigenvalue weighted by Crippen LogP contribution is 2.37. The van der Waals surface area contributed by atoms with E-state index in [-0.39, 0.29) is 18.3 Å². The van der Waals surface area contributed by atoms with Gasteiger partial charge < -0.3 is 14.8 Å². The van der Waals surface area contributed by atoms with E-state index in [1.165, 1.54) is 23.9 Å². The van der Waals surface area contributed by atoms with Crippen molar-refractivity contribution in [2.45, 2.75) is 13.5 Å². The number of amides is 1. The van der Waals surface area contributed by atoms with Crippen molar-refractivity contribution in [3.05, 3.63) is 92.1 Å². The molecule has 1 N–H and O–H groups in total. The topological polar surface area (TPSA) is 59.9 Å². The van der Waals surface area contributed by atoms with Crippen molar-refractivity contribution in [2.75, 3.05) is 6.61 Å². The van der Waals surface area contributed by atoms with Crippen molar-refractivity contribution in [3.63, 3.8) is 0 Å². The van der Waals surface area contributed by atoms with Crippen LogP contribution in [0, 0.1) is 9.39 Å². The minimum absolute atomic E-state index is 0.195. The molecule has 0 saturated carbocycles. The zero-order chi connectivity index (χ0) is 23.2. The zero-order valence-corrected chi connectivity index (χ0v) is 20.7. The van der Waals surface area contributed by atoms with Crippen LogP contribution in [0.3, 0.4) is 0 Å². The third-order valence-electron chi connectivity index (χ3n) is 4.56. The van der Waals surface area contributed by atoms with Gasteiger partial charge in [0.15, 0.2) is 16.7 Å². The standard InChI is InChI=1S/C25H20FIN2O3S/c1-2-31-21-13-17(12-20(27)23(21)32-15-16-8-10-18(26)11-9-16)14-22-24(30)29-25(33-22)28-19-6-4-3-5-7-19/h3-14H,2,15H2,1H3,(H,28,29,30)/b22-14-. The maximum absolute atomic E-state index is 13.1. The first-order valence-electron chi connectivity index (χ1n) is 10.2. The molecule has 0 bridgehead atoms. The Morgan fingerprint density at radius 3 is 2.58 bits per heavy atom. The summed E-state index contributed by atoms with van der Waals surface area (Å²) < 4.78 is 25.8. The Morgan fingerprint density at radius 1 is 1.09 bits per heavy atom. The van der Waals surface area contributed by atoms with Crippen molar-refractivity contribution in [1.29, 1.82) is 0 Å². The van der Waals surface area contributed by atoms with E-state index in [9.17, 15) is 9.18 Å². The molecule has 1 amide bonds. The van der Waals surface area contributed by atoms with Gasteiger partial charge >= 0.3 is 0 Å². The molecule has 0 spiro atoms. The number of para-hydroxylation sites is 1. The van der Waals surface area contributed by atoms with Crippen molar-refractivity contribution in [1.82, 2.24) is 5.32 Å². The van der Waals surface area contributed by atoms with Gasteiger partial charge in [-0.05, 0) is 94.9 Å². The molecule has 1 aliphatic rings. The summed E-state index contributed by atoms with van der Waals surface area (Å²) in [5.41, 5.74) is 2.44. The summed E-state index contributed by atoms with van der Waals surface area (Å²) in [6.45, 7) is 2.65. The first-order valence-corrected chi connectivity index (χ1v) is 12.1. The summed E-state index contributed by atoms with van der Waals surface area (Å²) >= 11 is 3.48. The molecule has 33 heavy (non-hydrogen) atoms. The van der Waals surface area contributed by atoms with Crippen LogP contribution in [0.4, 0.5) is 10.1 Å². The van der Waals surface area contributed by atoms with Gasteiger partial charge in [-0.25, -0.2) is 9.38 Å². The lowest BCUT2D eigenvalue weighted by atomic mass is 10.1. The van der Waals surface area contributed by atoms with Crippen molar-refractivity contribution >= 4 is 57.2 Å². The van der Waals surface area contributed by atoms with E-state index in [1.807, 2.05) is 55.5 Å². The van der Waals surface area contributed by atoms with Gasteiger partial charge in [0.1, 0.15) is 12.4 Å². The second-order valence-electron chi connectivity index (χ2n) is 7.00. The normalized spacial score (nSPS) is 15.7. The van der Waals surface area contributed by atoms with E-state index in [0.29, 0.717) is 28.2 Å². The van der Waals surface area contributed by atoms with Crippen LogP contribution in [-0.2, 0) is 11.4 Å². The maximum Gasteiger partial charge on any atom is 0.264 e. The molecule has 5 nitrogen and oxygen atoms in total. The minimum Gasteiger partial charge on any atom is -0.490 e. The highest BCUT2D eigenvalue weighted by molar-refractivity contribution is 14.1. The number of ether oxygens (including phenoxy) is 2.